The fourth-order valence-electron chi connectivity index (χ4n) is 7.02. The fraction of sp³-hybridized carbons (Fsp3) is 0.342. The Kier molecular flexibility index (Phi) is 8.80. The van der Waals surface area contributed by atoms with Crippen LogP contribution in [0.3, 0.4) is 0 Å². The zero-order valence-corrected chi connectivity index (χ0v) is 28.7. The number of carbonyl (C=O) groups excluding carboxylic acids is 1. The number of pyridine rings is 2. The number of aliphatic carboxylic acids is 1. The van der Waals surface area contributed by atoms with Crippen molar-refractivity contribution in [2.75, 3.05) is 33.7 Å². The molecule has 2 aliphatic rings. The molecule has 48 heavy (non-hydrogen) atoms. The van der Waals surface area contributed by atoms with E-state index < -0.39 is 5.97 Å². The maximum atomic E-state index is 12.6. The zero-order chi connectivity index (χ0) is 33.5. The van der Waals surface area contributed by atoms with Gasteiger partial charge < -0.3 is 14.9 Å². The standard InChI is InChI=1S/C38H40N6O3S/c1-23-26(16-32-36-27(11-13-39-32)15-25(17-40-36)18-43-14-12-28(19-43)38(46)47)7-5-8-29(23)30-9-6-10-31(24(30)2)37-41-33-20-44(21-34(33)48-37)35(45)22-42(3)4/h5-11,13,15,17,28H,12,14,16,18-22H2,1-4H3,(H,46,47)/t28-/m1/s1. The average Bonchev–Trinajstić information content (AvgIpc) is 3.78. The Hall–Kier alpha value is -4.51. The van der Waals surface area contributed by atoms with E-state index in [1.165, 1.54) is 32.7 Å². The van der Waals surface area contributed by atoms with Crippen LogP contribution in [0.5, 0.6) is 0 Å². The molecule has 7 rings (SSSR count). The predicted octanol–water partition coefficient (Wildman–Crippen LogP) is 5.94. The Labute approximate surface area is 284 Å². The van der Waals surface area contributed by atoms with E-state index in [2.05, 4.69) is 61.2 Å². The molecule has 1 N–H and O–H groups in total. The Morgan fingerprint density at radius 1 is 1.00 bits per heavy atom. The summed E-state index contributed by atoms with van der Waals surface area (Å²) in [6.07, 6.45) is 5.12. The molecule has 10 heteroatoms. The number of rotatable bonds is 9. The molecule has 1 atom stereocenters. The molecule has 5 heterocycles. The molecule has 9 nitrogen and oxygen atoms in total. The molecule has 0 spiro atoms. The quantitative estimate of drug-likeness (QED) is 0.207. The minimum absolute atomic E-state index is 0.134. The molecule has 5 aromatic rings. The average molecular weight is 661 g/mol. The maximum Gasteiger partial charge on any atom is 0.307 e. The normalized spacial score (nSPS) is 16.3. The molecule has 1 saturated heterocycles. The lowest BCUT2D eigenvalue weighted by atomic mass is 9.90. The number of nitrogens with zero attached hydrogens (tertiary/aromatic N) is 6. The van der Waals surface area contributed by atoms with Crippen molar-refractivity contribution in [3.05, 3.63) is 99.4 Å². The van der Waals surface area contributed by atoms with Gasteiger partial charge in [0.1, 0.15) is 5.01 Å². The van der Waals surface area contributed by atoms with Crippen molar-refractivity contribution in [2.45, 2.75) is 46.3 Å². The van der Waals surface area contributed by atoms with Crippen LogP contribution >= 0.6 is 11.3 Å². The van der Waals surface area contributed by atoms with E-state index in [1.807, 2.05) is 42.4 Å². The van der Waals surface area contributed by atoms with Crippen LogP contribution < -0.4 is 0 Å². The van der Waals surface area contributed by atoms with Gasteiger partial charge in [0.2, 0.25) is 5.91 Å². The molecule has 2 aromatic carbocycles. The van der Waals surface area contributed by atoms with Gasteiger partial charge in [-0.1, -0.05) is 36.4 Å². The predicted molar refractivity (Wildman–Crippen MR) is 189 cm³/mol. The summed E-state index contributed by atoms with van der Waals surface area (Å²) in [6.45, 7) is 8.04. The molecular formula is C38H40N6O3S. The number of carboxylic acids is 1. The SMILES string of the molecule is Cc1c(Cc2nccc3cc(CN4CC[C@@H](C(=O)O)C4)cnc23)cccc1-c1cccc(-c2nc3c(s2)CN(C(=O)CN(C)C)C3)c1C. The number of fused-ring (bicyclic) bond motifs is 2. The van der Waals surface area contributed by atoms with Crippen molar-refractivity contribution in [1.29, 1.82) is 0 Å². The highest BCUT2D eigenvalue weighted by Gasteiger charge is 2.29. The molecule has 1 amide bonds. The lowest BCUT2D eigenvalue weighted by Gasteiger charge is -2.18. The van der Waals surface area contributed by atoms with Crippen molar-refractivity contribution >= 4 is 34.1 Å². The van der Waals surface area contributed by atoms with Crippen LogP contribution in [0.15, 0.2) is 60.9 Å². The van der Waals surface area contributed by atoms with E-state index in [1.54, 1.807) is 11.3 Å². The van der Waals surface area contributed by atoms with Gasteiger partial charge in [-0.15, -0.1) is 11.3 Å². The number of hydrogen-bond acceptors (Lipinski definition) is 8. The second-order valence-electron chi connectivity index (χ2n) is 13.4. The van der Waals surface area contributed by atoms with Gasteiger partial charge in [-0.3, -0.25) is 24.5 Å². The van der Waals surface area contributed by atoms with E-state index in [0.29, 0.717) is 45.6 Å². The van der Waals surface area contributed by atoms with Crippen molar-refractivity contribution in [1.82, 2.24) is 29.7 Å². The number of thiazole rings is 1. The first-order valence-corrected chi connectivity index (χ1v) is 17.2. The van der Waals surface area contributed by atoms with Crippen LogP contribution in [-0.4, -0.2) is 80.4 Å². The van der Waals surface area contributed by atoms with E-state index in [9.17, 15) is 14.7 Å². The molecule has 0 aliphatic carbocycles. The Morgan fingerprint density at radius 3 is 2.52 bits per heavy atom. The maximum absolute atomic E-state index is 12.6. The number of aromatic nitrogens is 3. The van der Waals surface area contributed by atoms with E-state index in [-0.39, 0.29) is 11.8 Å². The van der Waals surface area contributed by atoms with Crippen LogP contribution in [0.4, 0.5) is 0 Å². The van der Waals surface area contributed by atoms with Gasteiger partial charge in [-0.05, 0) is 86.4 Å². The monoisotopic (exact) mass is 660 g/mol. The van der Waals surface area contributed by atoms with Crippen molar-refractivity contribution in [3.8, 4) is 21.7 Å². The Balaban J connectivity index is 1.11. The van der Waals surface area contributed by atoms with Gasteiger partial charge in [-0.25, -0.2) is 4.98 Å². The second-order valence-corrected chi connectivity index (χ2v) is 14.4. The smallest absolute Gasteiger partial charge is 0.307 e. The summed E-state index contributed by atoms with van der Waals surface area (Å²) in [4.78, 5) is 45.8. The van der Waals surface area contributed by atoms with Crippen molar-refractivity contribution in [3.63, 3.8) is 0 Å². The zero-order valence-electron chi connectivity index (χ0n) is 27.9. The molecule has 3 aromatic heterocycles. The number of amides is 1. The number of hydrogen-bond donors (Lipinski definition) is 1. The van der Waals surface area contributed by atoms with Gasteiger partial charge in [0, 0.05) is 47.7 Å². The van der Waals surface area contributed by atoms with Gasteiger partial charge in [0.15, 0.2) is 0 Å². The molecule has 0 bridgehead atoms. The summed E-state index contributed by atoms with van der Waals surface area (Å²) in [5, 5.41) is 11.4. The van der Waals surface area contributed by atoms with E-state index in [0.717, 1.165) is 45.0 Å². The lowest BCUT2D eigenvalue weighted by molar-refractivity contribution is -0.141. The van der Waals surface area contributed by atoms with Crippen molar-refractivity contribution in [2.24, 2.45) is 5.92 Å². The summed E-state index contributed by atoms with van der Waals surface area (Å²) < 4.78 is 0. The highest BCUT2D eigenvalue weighted by molar-refractivity contribution is 7.15. The van der Waals surface area contributed by atoms with Crippen LogP contribution in [0.25, 0.3) is 32.6 Å². The van der Waals surface area contributed by atoms with Gasteiger partial charge in [-0.2, -0.15) is 0 Å². The largest absolute Gasteiger partial charge is 0.481 e. The third-order valence-corrected chi connectivity index (χ3v) is 10.8. The van der Waals surface area contributed by atoms with E-state index >= 15 is 0 Å². The van der Waals surface area contributed by atoms with Gasteiger partial charge in [0.25, 0.3) is 0 Å². The summed E-state index contributed by atoms with van der Waals surface area (Å²) in [5.74, 6) is -0.864. The third kappa shape index (κ3) is 6.35. The van der Waals surface area contributed by atoms with Crippen LogP contribution in [0.1, 0.15) is 44.9 Å². The lowest BCUT2D eigenvalue weighted by Crippen LogP contribution is -2.34. The first-order chi connectivity index (χ1) is 23.1. The number of benzene rings is 2. The summed E-state index contributed by atoms with van der Waals surface area (Å²) in [7, 11) is 3.83. The molecule has 2 aliphatic heterocycles. The molecule has 0 unspecified atom stereocenters. The molecular weight excluding hydrogens is 621 g/mol. The van der Waals surface area contributed by atoms with Crippen molar-refractivity contribution < 1.29 is 14.7 Å². The number of likely N-dealkylation sites (N-methyl/N-ethyl adjacent to an activating group) is 1. The Morgan fingerprint density at radius 2 is 1.77 bits per heavy atom. The Bertz CT molecular complexity index is 2020. The first-order valence-electron chi connectivity index (χ1n) is 16.4. The van der Waals surface area contributed by atoms with Crippen LogP contribution in [-0.2, 0) is 35.6 Å². The third-order valence-electron chi connectivity index (χ3n) is 9.68. The summed E-state index contributed by atoms with van der Waals surface area (Å²) in [6, 6.07) is 17.1. The highest BCUT2D eigenvalue weighted by atomic mass is 32.1. The number of likely N-dealkylation sites (tertiary alicyclic amines) is 1. The van der Waals surface area contributed by atoms with Gasteiger partial charge >= 0.3 is 5.97 Å². The van der Waals surface area contributed by atoms with E-state index in [4.69, 9.17) is 15.0 Å². The second kappa shape index (κ2) is 13.2. The molecule has 0 radical (unpaired) electrons. The minimum atomic E-state index is -0.711. The fourth-order valence-corrected chi connectivity index (χ4v) is 8.19. The highest BCUT2D eigenvalue weighted by Crippen LogP contribution is 2.39. The summed E-state index contributed by atoms with van der Waals surface area (Å²) >= 11 is 1.69. The van der Waals surface area contributed by atoms with Crippen LogP contribution in [0.2, 0.25) is 0 Å². The number of carbonyl (C=O) groups is 2. The first kappa shape index (κ1) is 32.1. The minimum Gasteiger partial charge on any atom is -0.481 e. The summed E-state index contributed by atoms with van der Waals surface area (Å²) in [5.41, 5.74) is 11.0. The van der Waals surface area contributed by atoms with Gasteiger partial charge in [0.05, 0.1) is 42.5 Å². The number of carboxylic acid groups (broad SMARTS) is 1. The van der Waals surface area contributed by atoms with Crippen LogP contribution in [0, 0.1) is 19.8 Å². The molecule has 1 fully saturated rings. The molecule has 246 valence electrons. The molecule has 0 saturated carbocycles. The topological polar surface area (TPSA) is 103 Å².